The van der Waals surface area contributed by atoms with Crippen LogP contribution in [0.4, 0.5) is 10.1 Å². The standard InChI is InChI=1S/C42H26N2S.C36H22FNS.C26H13N3S/c1-3-11-27(12-4-1)28-19-21-38-33(23-28)35-25-36-32-16-8-10-18-41(32)45-42(36)26-40(35)44(38)30-20-22-39-34(24-30)31-15-7-9-17-37(31)43(39)29-13-5-2-6-14-29;37-27-15-16-31-30(22-27)35-32(17-18-34-36(35)29-13-7-8-14-33(29)39-34)38(31)28-20-25(23-9-3-1-4-10-23)19-26(21-28)24-11-5-2-6-12-24;1-28-17-10-16(15-27)11-18(12-17)29-23-8-4-2-6-19(23)21-13-22-20-7-3-5-9-25(20)30-26(22)14-24(21)29/h1-26H;1-22H;2-14H. The van der Waals surface area contributed by atoms with Gasteiger partial charge in [-0.1, -0.05) is 206 Å². The van der Waals surface area contributed by atoms with Crippen molar-refractivity contribution in [2.45, 2.75) is 0 Å². The summed E-state index contributed by atoms with van der Waals surface area (Å²) in [5.74, 6) is -0.221. The van der Waals surface area contributed by atoms with E-state index < -0.39 is 0 Å². The maximum atomic E-state index is 14.8. The first kappa shape index (κ1) is 66.5. The number of benzene rings is 17. The zero-order chi connectivity index (χ0) is 75.6. The summed E-state index contributed by atoms with van der Waals surface area (Å²) in [6.07, 6.45) is 0. The second kappa shape index (κ2) is 26.9. The van der Waals surface area contributed by atoms with Crippen molar-refractivity contribution in [1.82, 2.24) is 18.3 Å². The first-order chi connectivity index (χ1) is 56.3. The van der Waals surface area contributed by atoms with Crippen molar-refractivity contribution >= 4 is 187 Å². The lowest BCUT2D eigenvalue weighted by atomic mass is 9.98. The van der Waals surface area contributed by atoms with Crippen LogP contribution in [0.3, 0.4) is 0 Å². The number of fused-ring (bicyclic) bond motifs is 22. The molecule has 10 heteroatoms. The lowest BCUT2D eigenvalue weighted by molar-refractivity contribution is 0.629. The average molecular weight is 1510 g/mol. The molecule has 24 rings (SSSR count). The number of nitriles is 1. The van der Waals surface area contributed by atoms with E-state index in [4.69, 9.17) is 6.57 Å². The predicted molar refractivity (Wildman–Crippen MR) is 483 cm³/mol. The lowest BCUT2D eigenvalue weighted by Gasteiger charge is -2.14. The van der Waals surface area contributed by atoms with Crippen molar-refractivity contribution in [3.8, 4) is 62.2 Å². The molecule has 0 bridgehead atoms. The highest BCUT2D eigenvalue weighted by Gasteiger charge is 2.24. The van der Waals surface area contributed by atoms with Crippen molar-refractivity contribution in [1.29, 1.82) is 5.26 Å². The number of hydrogen-bond acceptors (Lipinski definition) is 4. The molecule has 0 amide bonds. The fourth-order valence-corrected chi connectivity index (χ4v) is 20.9. The van der Waals surface area contributed by atoms with Gasteiger partial charge < -0.3 is 18.3 Å². The molecule has 0 radical (unpaired) electrons. The van der Waals surface area contributed by atoms with Gasteiger partial charge in [-0.3, -0.25) is 0 Å². The molecule has 24 aromatic rings. The van der Waals surface area contributed by atoms with Crippen LogP contribution in [0.15, 0.2) is 370 Å². The summed E-state index contributed by atoms with van der Waals surface area (Å²) in [7, 11) is 0. The van der Waals surface area contributed by atoms with E-state index in [1.165, 1.54) is 132 Å². The van der Waals surface area contributed by atoms with Gasteiger partial charge in [0.2, 0.25) is 0 Å². The summed E-state index contributed by atoms with van der Waals surface area (Å²) in [6.45, 7) is 7.44. The third-order valence-corrected chi connectivity index (χ3v) is 25.9. The third kappa shape index (κ3) is 10.9. The molecular formula is C104H61FN6S3. The number of halogens is 1. The van der Waals surface area contributed by atoms with Crippen LogP contribution in [-0.4, -0.2) is 18.3 Å². The molecule has 0 N–H and O–H groups in total. The molecule has 114 heavy (non-hydrogen) atoms. The zero-order valence-corrected chi connectivity index (χ0v) is 63.5. The van der Waals surface area contributed by atoms with Crippen molar-refractivity contribution in [3.05, 3.63) is 393 Å². The highest BCUT2D eigenvalue weighted by atomic mass is 32.1. The number of rotatable bonds is 7. The van der Waals surface area contributed by atoms with Crippen LogP contribution < -0.4 is 0 Å². The summed E-state index contributed by atoms with van der Waals surface area (Å²) in [4.78, 5) is 3.58. The van der Waals surface area contributed by atoms with Crippen LogP contribution in [0.25, 0.3) is 209 Å². The van der Waals surface area contributed by atoms with Crippen molar-refractivity contribution in [3.63, 3.8) is 0 Å². The first-order valence-electron chi connectivity index (χ1n) is 37.9. The van der Waals surface area contributed by atoms with Gasteiger partial charge in [0.15, 0.2) is 5.69 Å². The van der Waals surface area contributed by atoms with Crippen LogP contribution in [0.5, 0.6) is 0 Å². The summed E-state index contributed by atoms with van der Waals surface area (Å²) >= 11 is 5.46. The number of hydrogen-bond donors (Lipinski definition) is 0. The molecule has 6 nitrogen and oxygen atoms in total. The maximum absolute atomic E-state index is 14.8. The van der Waals surface area contributed by atoms with E-state index in [0.29, 0.717) is 11.3 Å². The molecule has 7 heterocycles. The van der Waals surface area contributed by atoms with E-state index in [2.05, 4.69) is 345 Å². The van der Waals surface area contributed by atoms with Gasteiger partial charge in [-0.25, -0.2) is 9.24 Å². The average Bonchev–Trinajstić information content (AvgIpc) is 1.55. The fraction of sp³-hybridized carbons (Fsp3) is 0. The van der Waals surface area contributed by atoms with E-state index in [1.54, 1.807) is 40.9 Å². The van der Waals surface area contributed by atoms with Gasteiger partial charge in [0.1, 0.15) is 5.82 Å². The normalized spacial score (nSPS) is 11.7. The predicted octanol–water partition coefficient (Wildman–Crippen LogP) is 30.1. The molecule has 0 saturated heterocycles. The lowest BCUT2D eigenvalue weighted by Crippen LogP contribution is -1.96. The summed E-state index contributed by atoms with van der Waals surface area (Å²) in [5, 5.41) is 26.5. The maximum Gasteiger partial charge on any atom is 0.190 e. The Labute approximate surface area is 665 Å². The second-order valence-electron chi connectivity index (χ2n) is 29.0. The second-order valence-corrected chi connectivity index (χ2v) is 32.2. The molecule has 0 aliphatic rings. The van der Waals surface area contributed by atoms with Crippen LogP contribution in [-0.2, 0) is 0 Å². The van der Waals surface area contributed by atoms with Crippen molar-refractivity contribution < 1.29 is 4.39 Å². The molecule has 0 unspecified atom stereocenters. The fourth-order valence-electron chi connectivity index (χ4n) is 17.5. The smallest absolute Gasteiger partial charge is 0.190 e. The number of aromatic nitrogens is 4. The van der Waals surface area contributed by atoms with Crippen LogP contribution in [0.1, 0.15) is 5.56 Å². The van der Waals surface area contributed by atoms with Crippen molar-refractivity contribution in [2.75, 3.05) is 0 Å². The number of para-hydroxylation sites is 3. The SMILES string of the molecule is Fc1ccc2c(c1)c1c3c(ccc1n2-c1cc(-c2ccccc2)cc(-c2ccccc2)c1)sc1ccccc13.[C-]#[N+]c1cc(C#N)cc(-n2c3ccccc3c3cc4c(cc32)sc2ccccc24)c1.c1ccc(-c2ccc3c(c2)c2cc4c(cc2n3-c2ccc3c(c2)c2ccccc2n3-c2ccccc2)sc2ccccc24)cc1. The minimum atomic E-state index is -0.221. The molecule has 0 fully saturated rings. The highest BCUT2D eigenvalue weighted by Crippen LogP contribution is 2.48. The van der Waals surface area contributed by atoms with Crippen LogP contribution >= 0.6 is 34.0 Å². The van der Waals surface area contributed by atoms with Crippen molar-refractivity contribution in [2.24, 2.45) is 0 Å². The molecule has 0 saturated carbocycles. The molecule has 0 aliphatic heterocycles. The van der Waals surface area contributed by atoms with Gasteiger partial charge in [-0.15, -0.1) is 34.0 Å². The number of thiophene rings is 3. The first-order valence-corrected chi connectivity index (χ1v) is 40.4. The molecule has 532 valence electrons. The van der Waals surface area contributed by atoms with E-state index in [-0.39, 0.29) is 5.82 Å². The van der Waals surface area contributed by atoms with Gasteiger partial charge >= 0.3 is 0 Å². The van der Waals surface area contributed by atoms with E-state index in [0.717, 1.165) is 71.9 Å². The summed E-state index contributed by atoms with van der Waals surface area (Å²) in [6, 6.07) is 132. The molecule has 0 spiro atoms. The monoisotopic (exact) mass is 1510 g/mol. The van der Waals surface area contributed by atoms with Crippen LogP contribution in [0, 0.1) is 23.7 Å². The Kier molecular flexibility index (Phi) is 15.7. The van der Waals surface area contributed by atoms with Crippen LogP contribution in [0.2, 0.25) is 0 Å². The Bertz CT molecular complexity index is 8060. The molecule has 7 aromatic heterocycles. The zero-order valence-electron chi connectivity index (χ0n) is 61.0. The quantitative estimate of drug-likeness (QED) is 0.147. The topological polar surface area (TPSA) is 47.9 Å². The van der Waals surface area contributed by atoms with Gasteiger partial charge in [-0.2, -0.15) is 5.26 Å². The van der Waals surface area contributed by atoms with Gasteiger partial charge in [0.05, 0.1) is 56.8 Å². The summed E-state index contributed by atoms with van der Waals surface area (Å²) in [5.41, 5.74) is 21.4. The Morgan fingerprint density at radius 2 is 0.675 bits per heavy atom. The Balaban J connectivity index is 0.000000106. The van der Waals surface area contributed by atoms with E-state index in [9.17, 15) is 9.65 Å². The molecule has 0 atom stereocenters. The third-order valence-electron chi connectivity index (χ3n) is 22.5. The Morgan fingerprint density at radius 1 is 0.246 bits per heavy atom. The van der Waals surface area contributed by atoms with Gasteiger partial charge in [-0.05, 0) is 197 Å². The minimum Gasteiger partial charge on any atom is -0.310 e. The number of nitrogens with zero attached hydrogens (tertiary/aromatic N) is 6. The van der Waals surface area contributed by atoms with Gasteiger partial charge in [0, 0.05) is 132 Å². The van der Waals surface area contributed by atoms with E-state index >= 15 is 0 Å². The minimum absolute atomic E-state index is 0.221. The molecule has 17 aromatic carbocycles. The largest absolute Gasteiger partial charge is 0.310 e. The van der Waals surface area contributed by atoms with Gasteiger partial charge in [0.25, 0.3) is 0 Å². The Morgan fingerprint density at radius 3 is 1.27 bits per heavy atom. The molecular weight excluding hydrogens is 1450 g/mol. The highest BCUT2D eigenvalue weighted by molar-refractivity contribution is 7.26. The molecule has 0 aliphatic carbocycles. The van der Waals surface area contributed by atoms with E-state index in [1.807, 2.05) is 47.7 Å². The Hall–Kier alpha value is -14.5. The summed E-state index contributed by atoms with van der Waals surface area (Å²) < 4.78 is 31.7.